The lowest BCUT2D eigenvalue weighted by molar-refractivity contribution is 0.0949. The first-order chi connectivity index (χ1) is 13.8. The van der Waals surface area contributed by atoms with Gasteiger partial charge in [0.2, 0.25) is 10.0 Å². The molecule has 2 aromatic carbocycles. The number of rotatable bonds is 7. The topological polar surface area (TPSA) is 93.1 Å². The number of nitrogens with one attached hydrogen (secondary N) is 2. The maximum absolute atomic E-state index is 12.5. The molecular weight excluding hydrogens is 412 g/mol. The van der Waals surface area contributed by atoms with E-state index in [1.807, 2.05) is 19.1 Å². The second kappa shape index (κ2) is 8.77. The molecule has 3 rings (SSSR count). The fourth-order valence-corrected chi connectivity index (χ4v) is 4.28. The molecule has 0 bridgehead atoms. The Morgan fingerprint density at radius 2 is 1.90 bits per heavy atom. The number of aryl methyl sites for hydroxylation is 2. The van der Waals surface area contributed by atoms with Crippen LogP contribution < -0.4 is 10.0 Å². The second-order valence-electron chi connectivity index (χ2n) is 6.55. The Balaban J connectivity index is 1.56. The van der Waals surface area contributed by atoms with E-state index in [-0.39, 0.29) is 23.7 Å². The van der Waals surface area contributed by atoms with Crippen LogP contribution in [-0.2, 0) is 10.0 Å². The minimum Gasteiger partial charge on any atom is -0.349 e. The van der Waals surface area contributed by atoms with Crippen LogP contribution in [0.5, 0.6) is 0 Å². The standard InChI is InChI=1S/C20H21ClN4O3S/c1-14-6-7-15(2)19(12-14)29(27,28)23-10-9-22-20(26)18-8-11-25(24-18)17-5-3-4-16(21)13-17/h3-8,11-13,23H,9-10H2,1-2H3,(H,22,26). The number of sulfonamides is 1. The Morgan fingerprint density at radius 1 is 1.10 bits per heavy atom. The van der Waals surface area contributed by atoms with Crippen LogP contribution in [0.15, 0.2) is 59.6 Å². The summed E-state index contributed by atoms with van der Waals surface area (Å²) in [4.78, 5) is 12.5. The fourth-order valence-electron chi connectivity index (χ4n) is 2.73. The molecule has 0 spiro atoms. The highest BCUT2D eigenvalue weighted by Crippen LogP contribution is 2.16. The van der Waals surface area contributed by atoms with Gasteiger partial charge in [-0.3, -0.25) is 4.79 Å². The molecule has 0 radical (unpaired) electrons. The van der Waals surface area contributed by atoms with Gasteiger partial charge in [0.1, 0.15) is 0 Å². The molecule has 0 saturated heterocycles. The average molecular weight is 433 g/mol. The van der Waals surface area contributed by atoms with E-state index in [2.05, 4.69) is 15.1 Å². The van der Waals surface area contributed by atoms with Gasteiger partial charge < -0.3 is 5.32 Å². The molecule has 152 valence electrons. The minimum absolute atomic E-state index is 0.0659. The first-order valence-corrected chi connectivity index (χ1v) is 10.8. The Kier molecular flexibility index (Phi) is 6.36. The lowest BCUT2D eigenvalue weighted by atomic mass is 10.2. The molecule has 0 atom stereocenters. The largest absolute Gasteiger partial charge is 0.349 e. The van der Waals surface area contributed by atoms with Crippen LogP contribution in [-0.4, -0.2) is 37.2 Å². The zero-order valence-corrected chi connectivity index (χ0v) is 17.6. The fraction of sp³-hybridized carbons (Fsp3) is 0.200. The molecule has 1 amide bonds. The lowest BCUT2D eigenvalue weighted by Gasteiger charge is -2.10. The van der Waals surface area contributed by atoms with Gasteiger partial charge in [0.25, 0.3) is 5.91 Å². The Labute approximate surface area is 174 Å². The van der Waals surface area contributed by atoms with E-state index >= 15 is 0 Å². The minimum atomic E-state index is -3.65. The van der Waals surface area contributed by atoms with Crippen molar-refractivity contribution in [2.24, 2.45) is 0 Å². The molecule has 9 heteroatoms. The normalized spacial score (nSPS) is 11.4. The first kappa shape index (κ1) is 21.0. The first-order valence-electron chi connectivity index (χ1n) is 8.93. The number of hydrogen-bond donors (Lipinski definition) is 2. The van der Waals surface area contributed by atoms with Gasteiger partial charge >= 0.3 is 0 Å². The summed E-state index contributed by atoms with van der Waals surface area (Å²) >= 11 is 5.97. The van der Waals surface area contributed by atoms with Gasteiger partial charge in [0.15, 0.2) is 5.69 Å². The van der Waals surface area contributed by atoms with Crippen LogP contribution in [0.2, 0.25) is 5.02 Å². The van der Waals surface area contributed by atoms with Crippen LogP contribution in [0.4, 0.5) is 0 Å². The van der Waals surface area contributed by atoms with Gasteiger partial charge in [0.05, 0.1) is 10.6 Å². The lowest BCUT2D eigenvalue weighted by Crippen LogP contribution is -2.35. The van der Waals surface area contributed by atoms with Crippen molar-refractivity contribution in [3.63, 3.8) is 0 Å². The summed E-state index contributed by atoms with van der Waals surface area (Å²) in [7, 11) is -3.65. The zero-order valence-electron chi connectivity index (χ0n) is 16.0. The van der Waals surface area contributed by atoms with E-state index < -0.39 is 15.9 Å². The molecule has 7 nitrogen and oxygen atoms in total. The highest BCUT2D eigenvalue weighted by molar-refractivity contribution is 7.89. The van der Waals surface area contributed by atoms with Crippen LogP contribution in [0.25, 0.3) is 5.69 Å². The number of nitrogens with zero attached hydrogens (tertiary/aromatic N) is 2. The van der Waals surface area contributed by atoms with Gasteiger partial charge in [-0.25, -0.2) is 17.8 Å². The number of hydrogen-bond acceptors (Lipinski definition) is 4. The number of amides is 1. The van der Waals surface area contributed by atoms with E-state index in [1.54, 1.807) is 54.2 Å². The number of benzene rings is 2. The maximum atomic E-state index is 12.5. The molecule has 0 aliphatic heterocycles. The maximum Gasteiger partial charge on any atom is 0.271 e. The van der Waals surface area contributed by atoms with Crippen LogP contribution in [0.1, 0.15) is 21.6 Å². The Morgan fingerprint density at radius 3 is 2.66 bits per heavy atom. The smallest absolute Gasteiger partial charge is 0.271 e. The zero-order chi connectivity index (χ0) is 21.0. The Bertz CT molecular complexity index is 1140. The molecule has 2 N–H and O–H groups in total. The molecule has 0 aliphatic rings. The summed E-state index contributed by atoms with van der Waals surface area (Å²) in [5, 5.41) is 7.45. The van der Waals surface area contributed by atoms with Crippen LogP contribution in [0, 0.1) is 13.8 Å². The van der Waals surface area contributed by atoms with Gasteiger partial charge in [-0.1, -0.05) is 29.8 Å². The molecule has 29 heavy (non-hydrogen) atoms. The number of carbonyl (C=O) groups is 1. The second-order valence-corrected chi connectivity index (χ2v) is 8.72. The van der Waals surface area contributed by atoms with Crippen molar-refractivity contribution in [1.29, 1.82) is 0 Å². The van der Waals surface area contributed by atoms with Gasteiger partial charge in [-0.15, -0.1) is 0 Å². The molecule has 0 fully saturated rings. The van der Waals surface area contributed by atoms with Crippen molar-refractivity contribution in [2.45, 2.75) is 18.7 Å². The van der Waals surface area contributed by atoms with Crippen molar-refractivity contribution in [1.82, 2.24) is 19.8 Å². The van der Waals surface area contributed by atoms with Crippen molar-refractivity contribution in [3.8, 4) is 5.69 Å². The van der Waals surface area contributed by atoms with Crippen molar-refractivity contribution >= 4 is 27.5 Å². The van der Waals surface area contributed by atoms with Crippen LogP contribution in [0.3, 0.4) is 0 Å². The molecular formula is C20H21ClN4O3S. The molecule has 1 aromatic heterocycles. The molecule has 0 saturated carbocycles. The number of aromatic nitrogens is 2. The van der Waals surface area contributed by atoms with E-state index in [4.69, 9.17) is 11.6 Å². The van der Waals surface area contributed by atoms with E-state index in [0.29, 0.717) is 10.6 Å². The monoisotopic (exact) mass is 432 g/mol. The van der Waals surface area contributed by atoms with Crippen molar-refractivity contribution in [2.75, 3.05) is 13.1 Å². The van der Waals surface area contributed by atoms with Gasteiger partial charge in [0, 0.05) is 24.3 Å². The summed E-state index contributed by atoms with van der Waals surface area (Å²) in [6.45, 7) is 3.77. The third-order valence-corrected chi connectivity index (χ3v) is 6.07. The number of carbonyl (C=O) groups excluding carboxylic acids is 1. The quantitative estimate of drug-likeness (QED) is 0.561. The van der Waals surface area contributed by atoms with Crippen molar-refractivity contribution in [3.05, 3.63) is 76.6 Å². The van der Waals surface area contributed by atoms with E-state index in [9.17, 15) is 13.2 Å². The molecule has 0 unspecified atom stereocenters. The van der Waals surface area contributed by atoms with E-state index in [0.717, 1.165) is 11.3 Å². The molecule has 1 heterocycles. The SMILES string of the molecule is Cc1ccc(C)c(S(=O)(=O)NCCNC(=O)c2ccn(-c3cccc(Cl)c3)n2)c1. The molecule has 0 aliphatic carbocycles. The predicted molar refractivity (Wildman–Crippen MR) is 112 cm³/mol. The summed E-state index contributed by atoms with van der Waals surface area (Å²) in [6.07, 6.45) is 1.66. The molecule has 3 aromatic rings. The number of halogens is 1. The van der Waals surface area contributed by atoms with E-state index in [1.165, 1.54) is 0 Å². The third kappa shape index (κ3) is 5.23. The summed E-state index contributed by atoms with van der Waals surface area (Å²) in [5.74, 6) is -0.392. The third-order valence-electron chi connectivity index (χ3n) is 4.23. The summed E-state index contributed by atoms with van der Waals surface area (Å²) < 4.78 is 29.0. The summed E-state index contributed by atoms with van der Waals surface area (Å²) in [5.41, 5.74) is 2.48. The van der Waals surface area contributed by atoms with Crippen LogP contribution >= 0.6 is 11.6 Å². The average Bonchev–Trinajstić information content (AvgIpc) is 3.17. The highest BCUT2D eigenvalue weighted by Gasteiger charge is 2.17. The van der Waals surface area contributed by atoms with Gasteiger partial charge in [-0.05, 0) is 55.3 Å². The summed E-state index contributed by atoms with van der Waals surface area (Å²) in [6, 6.07) is 13.9. The van der Waals surface area contributed by atoms with Gasteiger partial charge in [-0.2, -0.15) is 5.10 Å². The van der Waals surface area contributed by atoms with Crippen molar-refractivity contribution < 1.29 is 13.2 Å². The predicted octanol–water partition coefficient (Wildman–Crippen LogP) is 2.85. The highest BCUT2D eigenvalue weighted by atomic mass is 35.5. The Hall–Kier alpha value is -2.68.